The predicted octanol–water partition coefficient (Wildman–Crippen LogP) is 2.70. The Morgan fingerprint density at radius 3 is 2.32 bits per heavy atom. The van der Waals surface area contributed by atoms with Gasteiger partial charge >= 0.3 is 0 Å². The number of hydrogen-bond acceptors (Lipinski definition) is 4. The molecule has 1 aromatic carbocycles. The largest absolute Gasteiger partial charge is 0.383 e. The number of nitrogens with zero attached hydrogens (tertiary/aromatic N) is 3. The van der Waals surface area contributed by atoms with Crippen LogP contribution in [0.5, 0.6) is 0 Å². The summed E-state index contributed by atoms with van der Waals surface area (Å²) >= 11 is 0. The number of rotatable bonds is 2. The standard InChI is InChI=1S/C15H18N4/c1-10(2)13-14(16)17-9-18-15(13)19-7-11-5-3-4-6-12(11)8-19/h3-6,9-10H,7-8H2,1-2H3,(H2,16,17,18). The van der Waals surface area contributed by atoms with Crippen LogP contribution in [0.1, 0.15) is 36.5 Å². The summed E-state index contributed by atoms with van der Waals surface area (Å²) in [7, 11) is 0. The third-order valence-electron chi connectivity index (χ3n) is 3.61. The summed E-state index contributed by atoms with van der Waals surface area (Å²) in [4.78, 5) is 10.9. The van der Waals surface area contributed by atoms with E-state index in [4.69, 9.17) is 5.73 Å². The number of nitrogens with two attached hydrogens (primary N) is 1. The van der Waals surface area contributed by atoms with Gasteiger partial charge < -0.3 is 10.6 Å². The first-order valence-electron chi connectivity index (χ1n) is 6.59. The Balaban J connectivity index is 2.00. The lowest BCUT2D eigenvalue weighted by molar-refractivity contribution is 0.794. The molecule has 2 aromatic rings. The van der Waals surface area contributed by atoms with E-state index in [9.17, 15) is 0 Å². The lowest BCUT2D eigenvalue weighted by atomic mass is 10.0. The van der Waals surface area contributed by atoms with E-state index in [1.807, 2.05) is 0 Å². The molecule has 0 fully saturated rings. The van der Waals surface area contributed by atoms with Crippen LogP contribution in [-0.4, -0.2) is 9.97 Å². The van der Waals surface area contributed by atoms with Crippen LogP contribution in [0.15, 0.2) is 30.6 Å². The van der Waals surface area contributed by atoms with Crippen molar-refractivity contribution >= 4 is 11.6 Å². The van der Waals surface area contributed by atoms with Gasteiger partial charge in [0, 0.05) is 18.7 Å². The molecule has 0 unspecified atom stereocenters. The maximum atomic E-state index is 6.02. The Morgan fingerprint density at radius 1 is 1.11 bits per heavy atom. The van der Waals surface area contributed by atoms with Gasteiger partial charge in [-0.05, 0) is 17.0 Å². The summed E-state index contributed by atoms with van der Waals surface area (Å²) in [6.45, 7) is 6.04. The maximum absolute atomic E-state index is 6.02. The topological polar surface area (TPSA) is 55.0 Å². The summed E-state index contributed by atoms with van der Waals surface area (Å²) in [5.74, 6) is 1.88. The van der Waals surface area contributed by atoms with E-state index in [0.717, 1.165) is 24.5 Å². The lowest BCUT2D eigenvalue weighted by Crippen LogP contribution is -2.19. The third-order valence-corrected chi connectivity index (χ3v) is 3.61. The summed E-state index contributed by atoms with van der Waals surface area (Å²) < 4.78 is 0. The lowest BCUT2D eigenvalue weighted by Gasteiger charge is -2.22. The highest BCUT2D eigenvalue weighted by Crippen LogP contribution is 2.34. The smallest absolute Gasteiger partial charge is 0.138 e. The SMILES string of the molecule is CC(C)c1c(N)ncnc1N1Cc2ccccc2C1. The zero-order valence-corrected chi connectivity index (χ0v) is 11.3. The molecule has 0 spiro atoms. The van der Waals surface area contributed by atoms with Crippen molar-refractivity contribution in [2.45, 2.75) is 32.9 Å². The molecule has 0 radical (unpaired) electrons. The number of nitrogen functional groups attached to an aromatic ring is 1. The van der Waals surface area contributed by atoms with E-state index >= 15 is 0 Å². The van der Waals surface area contributed by atoms with Crippen LogP contribution in [-0.2, 0) is 13.1 Å². The minimum atomic E-state index is 0.319. The van der Waals surface area contributed by atoms with Crippen LogP contribution >= 0.6 is 0 Å². The number of anilines is 2. The third kappa shape index (κ3) is 2.03. The zero-order chi connectivity index (χ0) is 13.4. The van der Waals surface area contributed by atoms with Crippen LogP contribution in [0.2, 0.25) is 0 Å². The second-order valence-corrected chi connectivity index (χ2v) is 5.28. The Kier molecular flexibility index (Phi) is 2.85. The molecule has 2 heterocycles. The van der Waals surface area contributed by atoms with Gasteiger partial charge in [-0.1, -0.05) is 38.1 Å². The van der Waals surface area contributed by atoms with Crippen LogP contribution in [0.25, 0.3) is 0 Å². The summed E-state index contributed by atoms with van der Waals surface area (Å²) in [6.07, 6.45) is 1.56. The molecule has 0 aliphatic carbocycles. The Morgan fingerprint density at radius 2 is 1.74 bits per heavy atom. The quantitative estimate of drug-likeness (QED) is 0.895. The van der Waals surface area contributed by atoms with E-state index < -0.39 is 0 Å². The highest BCUT2D eigenvalue weighted by molar-refractivity contribution is 5.60. The number of aromatic nitrogens is 2. The first-order chi connectivity index (χ1) is 9.16. The fraction of sp³-hybridized carbons (Fsp3) is 0.333. The van der Waals surface area contributed by atoms with Gasteiger partial charge in [0.25, 0.3) is 0 Å². The van der Waals surface area contributed by atoms with E-state index in [2.05, 4.69) is 53.0 Å². The minimum absolute atomic E-state index is 0.319. The van der Waals surface area contributed by atoms with Crippen LogP contribution in [0.4, 0.5) is 11.6 Å². The molecule has 4 nitrogen and oxygen atoms in total. The Hall–Kier alpha value is -2.10. The highest BCUT2D eigenvalue weighted by Gasteiger charge is 2.24. The van der Waals surface area contributed by atoms with E-state index in [-0.39, 0.29) is 0 Å². The van der Waals surface area contributed by atoms with Gasteiger partial charge in [-0.2, -0.15) is 0 Å². The number of benzene rings is 1. The van der Waals surface area contributed by atoms with Crippen molar-refractivity contribution in [3.8, 4) is 0 Å². The average molecular weight is 254 g/mol. The highest BCUT2D eigenvalue weighted by atomic mass is 15.2. The summed E-state index contributed by atoms with van der Waals surface area (Å²) in [5, 5.41) is 0. The molecular formula is C15H18N4. The molecule has 1 aliphatic heterocycles. The second kappa shape index (κ2) is 4.53. The van der Waals surface area contributed by atoms with Crippen LogP contribution in [0.3, 0.4) is 0 Å². The van der Waals surface area contributed by atoms with Gasteiger partial charge in [-0.15, -0.1) is 0 Å². The van der Waals surface area contributed by atoms with Gasteiger partial charge in [-0.3, -0.25) is 0 Å². The van der Waals surface area contributed by atoms with Gasteiger partial charge in [0.15, 0.2) is 0 Å². The molecule has 0 saturated carbocycles. The monoisotopic (exact) mass is 254 g/mol. The van der Waals surface area contributed by atoms with E-state index in [1.54, 1.807) is 6.33 Å². The summed E-state index contributed by atoms with van der Waals surface area (Å²) in [5.41, 5.74) is 9.81. The fourth-order valence-corrected chi connectivity index (χ4v) is 2.69. The zero-order valence-electron chi connectivity index (χ0n) is 11.3. The average Bonchev–Trinajstić information content (AvgIpc) is 2.81. The number of hydrogen-bond donors (Lipinski definition) is 1. The van der Waals surface area contributed by atoms with Crippen molar-refractivity contribution in [1.82, 2.24) is 9.97 Å². The summed E-state index contributed by atoms with van der Waals surface area (Å²) in [6, 6.07) is 8.52. The molecule has 0 bridgehead atoms. The Bertz CT molecular complexity index is 582. The molecule has 98 valence electrons. The van der Waals surface area contributed by atoms with Crippen molar-refractivity contribution in [1.29, 1.82) is 0 Å². The van der Waals surface area contributed by atoms with Gasteiger partial charge in [0.2, 0.25) is 0 Å². The Labute approximate surface area is 113 Å². The molecule has 4 heteroatoms. The van der Waals surface area contributed by atoms with Gasteiger partial charge in [0.05, 0.1) is 0 Å². The fourth-order valence-electron chi connectivity index (χ4n) is 2.69. The first kappa shape index (κ1) is 12.0. The van der Waals surface area contributed by atoms with Crippen LogP contribution in [0, 0.1) is 0 Å². The van der Waals surface area contributed by atoms with Gasteiger partial charge in [0.1, 0.15) is 18.0 Å². The van der Waals surface area contributed by atoms with Gasteiger partial charge in [-0.25, -0.2) is 9.97 Å². The van der Waals surface area contributed by atoms with Crippen molar-refractivity contribution in [3.63, 3.8) is 0 Å². The maximum Gasteiger partial charge on any atom is 0.138 e. The minimum Gasteiger partial charge on any atom is -0.383 e. The van der Waals surface area contributed by atoms with E-state index in [1.165, 1.54) is 11.1 Å². The first-order valence-corrected chi connectivity index (χ1v) is 6.59. The normalized spacial score (nSPS) is 13.9. The molecular weight excluding hydrogens is 236 g/mol. The molecule has 0 amide bonds. The molecule has 3 rings (SSSR count). The molecule has 0 saturated heterocycles. The molecule has 19 heavy (non-hydrogen) atoms. The van der Waals surface area contributed by atoms with Crippen molar-refractivity contribution in [2.75, 3.05) is 10.6 Å². The molecule has 0 atom stereocenters. The van der Waals surface area contributed by atoms with Crippen molar-refractivity contribution in [2.24, 2.45) is 0 Å². The van der Waals surface area contributed by atoms with Crippen LogP contribution < -0.4 is 10.6 Å². The van der Waals surface area contributed by atoms with Crippen molar-refractivity contribution < 1.29 is 0 Å². The van der Waals surface area contributed by atoms with Crippen molar-refractivity contribution in [3.05, 3.63) is 47.3 Å². The number of fused-ring (bicyclic) bond motifs is 1. The second-order valence-electron chi connectivity index (χ2n) is 5.28. The molecule has 1 aliphatic rings. The predicted molar refractivity (Wildman–Crippen MR) is 76.9 cm³/mol. The van der Waals surface area contributed by atoms with E-state index in [0.29, 0.717) is 11.7 Å². The molecule has 1 aromatic heterocycles. The molecule has 2 N–H and O–H groups in total.